The van der Waals surface area contributed by atoms with Gasteiger partial charge in [0.15, 0.2) is 4.47 Å². The van der Waals surface area contributed by atoms with Crippen LogP contribution in [-0.4, -0.2) is 21.1 Å². The largest absolute Gasteiger partial charge is 0.380 e. The third kappa shape index (κ3) is 2.50. The van der Waals surface area contributed by atoms with Crippen LogP contribution in [0.1, 0.15) is 10.7 Å². The highest BCUT2D eigenvalue weighted by Gasteiger charge is 2.14. The van der Waals surface area contributed by atoms with E-state index < -0.39 is 0 Å². The van der Waals surface area contributed by atoms with E-state index in [1.807, 2.05) is 0 Å². The molecule has 3 aromatic rings. The van der Waals surface area contributed by atoms with Gasteiger partial charge in [-0.3, -0.25) is 0 Å². The number of thiazole rings is 1. The number of nitrogens with zero attached hydrogens (tertiary/aromatic N) is 3. The van der Waals surface area contributed by atoms with Crippen LogP contribution in [-0.2, 0) is 24.4 Å². The van der Waals surface area contributed by atoms with Crippen LogP contribution in [0, 0.1) is 0 Å². The molecular weight excluding hydrogens is 308 g/mol. The molecule has 0 fully saturated rings. The molecule has 1 aromatic carbocycles. The smallest absolute Gasteiger partial charge is 0.183 e. The van der Waals surface area contributed by atoms with Crippen molar-refractivity contribution in [3.63, 3.8) is 0 Å². The van der Waals surface area contributed by atoms with E-state index in [0.717, 1.165) is 35.1 Å². The Kier molecular flexibility index (Phi) is 3.29. The quantitative estimate of drug-likeness (QED) is 0.804. The molecule has 108 valence electrons. The summed E-state index contributed by atoms with van der Waals surface area (Å²) in [7, 11) is 0. The Balaban J connectivity index is 1.58. The second-order valence-electron chi connectivity index (χ2n) is 4.87. The molecule has 0 saturated carbocycles. The predicted molar refractivity (Wildman–Crippen MR) is 83.8 cm³/mol. The fraction of sp³-hybridized carbons (Fsp3) is 0.286. The van der Waals surface area contributed by atoms with E-state index in [9.17, 15) is 0 Å². The number of fused-ring (bicyclic) bond motifs is 3. The van der Waals surface area contributed by atoms with Crippen molar-refractivity contribution in [1.29, 1.82) is 0 Å². The molecule has 0 spiro atoms. The second kappa shape index (κ2) is 5.29. The maximum absolute atomic E-state index is 5.83. The number of hydrogen-bond acceptors (Lipinski definition) is 5. The molecule has 0 amide bonds. The third-order valence-electron chi connectivity index (χ3n) is 3.51. The Morgan fingerprint density at radius 2 is 2.38 bits per heavy atom. The molecular formula is C14H13ClN4OS. The maximum Gasteiger partial charge on any atom is 0.183 e. The van der Waals surface area contributed by atoms with Crippen LogP contribution in [0.15, 0.2) is 24.4 Å². The monoisotopic (exact) mass is 320 g/mol. The molecule has 0 atom stereocenters. The van der Waals surface area contributed by atoms with Gasteiger partial charge >= 0.3 is 0 Å². The third-order valence-corrected chi connectivity index (χ3v) is 4.62. The van der Waals surface area contributed by atoms with Crippen molar-refractivity contribution in [2.24, 2.45) is 0 Å². The number of anilines is 1. The molecule has 4 rings (SSSR count). The summed E-state index contributed by atoms with van der Waals surface area (Å²) in [6.07, 6.45) is 1.80. The lowest BCUT2D eigenvalue weighted by molar-refractivity contribution is 0.0830. The van der Waals surface area contributed by atoms with Crippen molar-refractivity contribution < 1.29 is 4.74 Å². The van der Waals surface area contributed by atoms with E-state index in [2.05, 4.69) is 38.1 Å². The van der Waals surface area contributed by atoms with Crippen LogP contribution >= 0.6 is 22.9 Å². The van der Waals surface area contributed by atoms with Crippen molar-refractivity contribution in [3.8, 4) is 0 Å². The number of rotatable bonds is 3. The molecule has 3 heterocycles. The maximum atomic E-state index is 5.83. The van der Waals surface area contributed by atoms with Gasteiger partial charge in [0.05, 0.1) is 24.2 Å². The molecule has 7 heteroatoms. The number of nitrogens with one attached hydrogen (secondary N) is 1. The van der Waals surface area contributed by atoms with E-state index in [1.165, 1.54) is 16.9 Å². The number of aromatic nitrogens is 3. The van der Waals surface area contributed by atoms with Crippen molar-refractivity contribution >= 4 is 39.7 Å². The first-order valence-corrected chi connectivity index (χ1v) is 7.90. The minimum atomic E-state index is 0.573. The Morgan fingerprint density at radius 1 is 1.43 bits per heavy atom. The van der Waals surface area contributed by atoms with Crippen LogP contribution in [0.2, 0.25) is 4.47 Å². The zero-order valence-electron chi connectivity index (χ0n) is 11.2. The van der Waals surface area contributed by atoms with Crippen LogP contribution in [0.3, 0.4) is 0 Å². The van der Waals surface area contributed by atoms with E-state index >= 15 is 0 Å². The minimum absolute atomic E-state index is 0.573. The van der Waals surface area contributed by atoms with Gasteiger partial charge in [0, 0.05) is 23.3 Å². The molecule has 0 saturated heterocycles. The fourth-order valence-corrected chi connectivity index (χ4v) is 3.44. The molecule has 1 N–H and O–H groups in total. The normalized spacial score (nSPS) is 14.3. The van der Waals surface area contributed by atoms with Gasteiger partial charge in [0.25, 0.3) is 0 Å². The Labute approximate surface area is 130 Å². The highest BCUT2D eigenvalue weighted by molar-refractivity contribution is 7.15. The van der Waals surface area contributed by atoms with Gasteiger partial charge in [0.1, 0.15) is 12.4 Å². The number of ether oxygens (including phenoxy) is 1. The fourth-order valence-electron chi connectivity index (χ4n) is 2.52. The predicted octanol–water partition coefficient (Wildman–Crippen LogP) is 3.29. The minimum Gasteiger partial charge on any atom is -0.380 e. The Bertz CT molecular complexity index is 797. The summed E-state index contributed by atoms with van der Waals surface area (Å²) < 4.78 is 8.25. The van der Waals surface area contributed by atoms with Crippen LogP contribution < -0.4 is 5.32 Å². The van der Waals surface area contributed by atoms with Gasteiger partial charge in [-0.15, -0.1) is 11.3 Å². The Morgan fingerprint density at radius 3 is 3.24 bits per heavy atom. The highest BCUT2D eigenvalue weighted by atomic mass is 35.5. The van der Waals surface area contributed by atoms with Crippen molar-refractivity contribution in [3.05, 3.63) is 39.6 Å². The van der Waals surface area contributed by atoms with E-state index in [4.69, 9.17) is 16.3 Å². The number of hydrogen-bond donors (Lipinski definition) is 1. The number of halogens is 1. The molecule has 0 unspecified atom stereocenters. The van der Waals surface area contributed by atoms with Crippen LogP contribution in [0.25, 0.3) is 11.0 Å². The zero-order chi connectivity index (χ0) is 14.2. The molecule has 0 bridgehead atoms. The molecule has 2 aromatic heterocycles. The Hall–Kier alpha value is -1.63. The summed E-state index contributed by atoms with van der Waals surface area (Å²) in [4.78, 5) is 9.79. The summed E-state index contributed by atoms with van der Waals surface area (Å²) in [5.41, 5.74) is 3.21. The lowest BCUT2D eigenvalue weighted by Gasteiger charge is -2.14. The summed E-state index contributed by atoms with van der Waals surface area (Å²) in [6.45, 7) is 2.94. The molecule has 1 aliphatic heterocycles. The summed E-state index contributed by atoms with van der Waals surface area (Å²) >= 11 is 7.32. The van der Waals surface area contributed by atoms with Gasteiger partial charge in [-0.05, 0) is 18.2 Å². The topological polar surface area (TPSA) is 52.0 Å². The van der Waals surface area contributed by atoms with Gasteiger partial charge in [-0.25, -0.2) is 9.97 Å². The van der Waals surface area contributed by atoms with Crippen molar-refractivity contribution in [2.45, 2.75) is 19.7 Å². The van der Waals surface area contributed by atoms with Gasteiger partial charge in [0.2, 0.25) is 0 Å². The molecule has 0 radical (unpaired) electrons. The first-order chi connectivity index (χ1) is 10.3. The molecule has 21 heavy (non-hydrogen) atoms. The standard InChI is InChI=1S/C14H13ClN4OS/c15-14-17-7-10(21-14)6-16-9-1-2-12-11(5-9)18-13-8-20-4-3-19(12)13/h1-2,5,7,16H,3-4,6,8H2. The average molecular weight is 321 g/mol. The first-order valence-electron chi connectivity index (χ1n) is 6.70. The number of imidazole rings is 1. The SMILES string of the molecule is Clc1ncc(CNc2ccc3c(c2)nc2n3CCOC2)s1. The molecule has 5 nitrogen and oxygen atoms in total. The second-order valence-corrected chi connectivity index (χ2v) is 6.57. The lowest BCUT2D eigenvalue weighted by Crippen LogP contribution is -2.16. The van der Waals surface area contributed by atoms with Crippen molar-refractivity contribution in [2.75, 3.05) is 11.9 Å². The summed E-state index contributed by atoms with van der Waals surface area (Å²) in [5.74, 6) is 1.00. The van der Waals surface area contributed by atoms with E-state index in [0.29, 0.717) is 17.6 Å². The van der Waals surface area contributed by atoms with Gasteiger partial charge in [-0.2, -0.15) is 0 Å². The van der Waals surface area contributed by atoms with Crippen LogP contribution in [0.4, 0.5) is 5.69 Å². The van der Waals surface area contributed by atoms with Crippen molar-refractivity contribution in [1.82, 2.24) is 14.5 Å². The van der Waals surface area contributed by atoms with E-state index in [-0.39, 0.29) is 0 Å². The summed E-state index contributed by atoms with van der Waals surface area (Å²) in [6, 6.07) is 6.26. The molecule has 0 aliphatic carbocycles. The van der Waals surface area contributed by atoms with Gasteiger partial charge < -0.3 is 14.6 Å². The van der Waals surface area contributed by atoms with Crippen LogP contribution in [0.5, 0.6) is 0 Å². The molecule has 1 aliphatic rings. The average Bonchev–Trinajstić information content (AvgIpc) is 3.07. The number of benzene rings is 1. The summed E-state index contributed by atoms with van der Waals surface area (Å²) in [5, 5.41) is 3.38. The lowest BCUT2D eigenvalue weighted by atomic mass is 10.2. The zero-order valence-corrected chi connectivity index (χ0v) is 12.7. The first kappa shape index (κ1) is 13.1. The van der Waals surface area contributed by atoms with Gasteiger partial charge in [-0.1, -0.05) is 11.6 Å². The van der Waals surface area contributed by atoms with E-state index in [1.54, 1.807) is 6.20 Å². The highest BCUT2D eigenvalue weighted by Crippen LogP contribution is 2.24.